The Morgan fingerprint density at radius 3 is 2.19 bits per heavy atom. The van der Waals surface area contributed by atoms with Gasteiger partial charge in [-0.3, -0.25) is 20.4 Å². The number of rotatable bonds is 7. The van der Waals surface area contributed by atoms with Gasteiger partial charge in [-0.25, -0.2) is 0 Å². The number of carbonyl (C=O) groups excluding carboxylic acids is 2. The van der Waals surface area contributed by atoms with Crippen molar-refractivity contribution >= 4 is 23.6 Å². The quantitative estimate of drug-likeness (QED) is 0.575. The number of nitrogens with one attached hydrogen (secondary N) is 2. The molecule has 0 fully saturated rings. The van der Waals surface area contributed by atoms with E-state index in [2.05, 4.69) is 10.9 Å². The fraction of sp³-hybridized carbons (Fsp3) is 0.263. The molecule has 0 aromatic heterocycles. The van der Waals surface area contributed by atoms with E-state index in [9.17, 15) is 9.59 Å². The van der Waals surface area contributed by atoms with E-state index in [1.165, 1.54) is 0 Å². The van der Waals surface area contributed by atoms with Gasteiger partial charge in [0, 0.05) is 10.5 Å². The molecule has 0 heterocycles. The Morgan fingerprint density at radius 2 is 1.62 bits per heavy atom. The standard InChI is InChI=1S/C19H22N2O4S/c1-4-24-15-7-9-16(10-8-15)25-13(2)18(22)20-21-19(23)14-5-11-17(26-3)12-6-14/h5-13H,4H2,1-3H3,(H,20,22)(H,21,23)/t13-/m1/s1. The smallest absolute Gasteiger partial charge is 0.279 e. The summed E-state index contributed by atoms with van der Waals surface area (Å²) in [5.41, 5.74) is 5.21. The molecule has 138 valence electrons. The molecule has 0 unspecified atom stereocenters. The molecule has 0 radical (unpaired) electrons. The predicted molar refractivity (Wildman–Crippen MR) is 102 cm³/mol. The van der Waals surface area contributed by atoms with Crippen LogP contribution in [0.15, 0.2) is 53.4 Å². The number of carbonyl (C=O) groups is 2. The number of hydrogen-bond acceptors (Lipinski definition) is 5. The third-order valence-corrected chi connectivity index (χ3v) is 4.21. The van der Waals surface area contributed by atoms with E-state index in [-0.39, 0.29) is 5.91 Å². The maximum Gasteiger partial charge on any atom is 0.279 e. The first-order chi connectivity index (χ1) is 12.5. The van der Waals surface area contributed by atoms with Crippen molar-refractivity contribution in [2.75, 3.05) is 12.9 Å². The minimum absolute atomic E-state index is 0.390. The van der Waals surface area contributed by atoms with Crippen LogP contribution in [-0.2, 0) is 4.79 Å². The molecule has 0 aliphatic rings. The van der Waals surface area contributed by atoms with Crippen LogP contribution < -0.4 is 20.3 Å². The van der Waals surface area contributed by atoms with Crippen molar-refractivity contribution in [2.45, 2.75) is 24.8 Å². The summed E-state index contributed by atoms with van der Waals surface area (Å²) < 4.78 is 10.9. The van der Waals surface area contributed by atoms with Crippen molar-refractivity contribution < 1.29 is 19.1 Å². The maximum atomic E-state index is 12.1. The normalized spacial score (nSPS) is 11.3. The Bertz CT molecular complexity index is 732. The molecule has 0 aliphatic carbocycles. The molecule has 0 spiro atoms. The largest absolute Gasteiger partial charge is 0.494 e. The molecule has 2 N–H and O–H groups in total. The average molecular weight is 374 g/mol. The third kappa shape index (κ3) is 5.70. The van der Waals surface area contributed by atoms with E-state index in [4.69, 9.17) is 9.47 Å². The topological polar surface area (TPSA) is 76.7 Å². The zero-order valence-electron chi connectivity index (χ0n) is 14.9. The highest BCUT2D eigenvalue weighted by Gasteiger charge is 2.16. The van der Waals surface area contributed by atoms with Crippen molar-refractivity contribution in [3.8, 4) is 11.5 Å². The summed E-state index contributed by atoms with van der Waals surface area (Å²) in [4.78, 5) is 25.2. The van der Waals surface area contributed by atoms with Crippen LogP contribution in [0.2, 0.25) is 0 Å². The Labute approximate surface area is 157 Å². The second kappa shape index (κ2) is 9.72. The highest BCUT2D eigenvalue weighted by molar-refractivity contribution is 7.98. The number of thioether (sulfide) groups is 1. The molecule has 26 heavy (non-hydrogen) atoms. The molecule has 6 nitrogen and oxygen atoms in total. The Hall–Kier alpha value is -2.67. The summed E-state index contributed by atoms with van der Waals surface area (Å²) in [6, 6.07) is 14.1. The number of benzene rings is 2. The van der Waals surface area contributed by atoms with Crippen LogP contribution in [0.3, 0.4) is 0 Å². The van der Waals surface area contributed by atoms with Gasteiger partial charge < -0.3 is 9.47 Å². The highest BCUT2D eigenvalue weighted by atomic mass is 32.2. The van der Waals surface area contributed by atoms with Crippen LogP contribution >= 0.6 is 11.8 Å². The van der Waals surface area contributed by atoms with Crippen LogP contribution in [0.5, 0.6) is 11.5 Å². The zero-order valence-corrected chi connectivity index (χ0v) is 15.8. The summed E-state index contributed by atoms with van der Waals surface area (Å²) in [5, 5.41) is 0. The second-order valence-electron chi connectivity index (χ2n) is 5.34. The van der Waals surface area contributed by atoms with Crippen molar-refractivity contribution in [1.82, 2.24) is 10.9 Å². The Balaban J connectivity index is 1.83. The van der Waals surface area contributed by atoms with Crippen molar-refractivity contribution in [2.24, 2.45) is 0 Å². The summed E-state index contributed by atoms with van der Waals surface area (Å²) in [5.74, 6) is 0.430. The number of amides is 2. The lowest BCUT2D eigenvalue weighted by Gasteiger charge is -2.15. The van der Waals surface area contributed by atoms with Crippen molar-refractivity contribution in [1.29, 1.82) is 0 Å². The van der Waals surface area contributed by atoms with Gasteiger partial charge in [0.1, 0.15) is 11.5 Å². The lowest BCUT2D eigenvalue weighted by atomic mass is 10.2. The minimum atomic E-state index is -0.771. The fourth-order valence-corrected chi connectivity index (χ4v) is 2.48. The van der Waals surface area contributed by atoms with Crippen molar-refractivity contribution in [3.63, 3.8) is 0 Å². The molecule has 0 saturated heterocycles. The lowest BCUT2D eigenvalue weighted by molar-refractivity contribution is -0.128. The molecule has 0 aliphatic heterocycles. The average Bonchev–Trinajstić information content (AvgIpc) is 2.67. The molecular weight excluding hydrogens is 352 g/mol. The fourth-order valence-electron chi connectivity index (χ4n) is 2.07. The van der Waals surface area contributed by atoms with Gasteiger partial charge in [0.25, 0.3) is 11.8 Å². The summed E-state index contributed by atoms with van der Waals surface area (Å²) in [6.45, 7) is 4.09. The van der Waals surface area contributed by atoms with E-state index in [0.717, 1.165) is 10.6 Å². The van der Waals surface area contributed by atoms with Crippen LogP contribution in [0.4, 0.5) is 0 Å². The van der Waals surface area contributed by atoms with E-state index in [1.54, 1.807) is 55.1 Å². The van der Waals surface area contributed by atoms with Gasteiger partial charge in [-0.05, 0) is 68.6 Å². The summed E-state index contributed by atoms with van der Waals surface area (Å²) >= 11 is 1.59. The molecule has 0 bridgehead atoms. The van der Waals surface area contributed by atoms with E-state index >= 15 is 0 Å². The first kappa shape index (κ1) is 19.7. The monoisotopic (exact) mass is 374 g/mol. The second-order valence-corrected chi connectivity index (χ2v) is 6.22. The van der Waals surface area contributed by atoms with Gasteiger partial charge in [-0.1, -0.05) is 0 Å². The number of hydrogen-bond donors (Lipinski definition) is 2. The highest BCUT2D eigenvalue weighted by Crippen LogP contribution is 2.18. The molecule has 2 aromatic carbocycles. The molecule has 2 rings (SSSR count). The Kier molecular flexibility index (Phi) is 7.35. The van der Waals surface area contributed by atoms with Gasteiger partial charge in [-0.15, -0.1) is 11.8 Å². The van der Waals surface area contributed by atoms with E-state index < -0.39 is 12.0 Å². The number of hydrazine groups is 1. The predicted octanol–water partition coefficient (Wildman–Crippen LogP) is 3.04. The van der Waals surface area contributed by atoms with E-state index in [0.29, 0.717) is 17.9 Å². The van der Waals surface area contributed by atoms with Gasteiger partial charge in [0.15, 0.2) is 6.10 Å². The first-order valence-corrected chi connectivity index (χ1v) is 9.39. The number of ether oxygens (including phenoxy) is 2. The molecule has 1 atom stereocenters. The summed E-state index contributed by atoms with van der Waals surface area (Å²) in [7, 11) is 0. The van der Waals surface area contributed by atoms with Gasteiger partial charge >= 0.3 is 0 Å². The third-order valence-electron chi connectivity index (χ3n) is 3.47. The minimum Gasteiger partial charge on any atom is -0.494 e. The first-order valence-electron chi connectivity index (χ1n) is 8.17. The molecule has 0 saturated carbocycles. The van der Waals surface area contributed by atoms with Crippen molar-refractivity contribution in [3.05, 3.63) is 54.1 Å². The van der Waals surface area contributed by atoms with Gasteiger partial charge in [0.2, 0.25) is 0 Å². The molecule has 2 aromatic rings. The van der Waals surface area contributed by atoms with Crippen LogP contribution in [-0.4, -0.2) is 30.8 Å². The lowest BCUT2D eigenvalue weighted by Crippen LogP contribution is -2.47. The van der Waals surface area contributed by atoms with Crippen LogP contribution in [0.25, 0.3) is 0 Å². The molecule has 7 heteroatoms. The zero-order chi connectivity index (χ0) is 18.9. The Morgan fingerprint density at radius 1 is 1.00 bits per heavy atom. The maximum absolute atomic E-state index is 12.1. The SMILES string of the molecule is CCOc1ccc(O[C@H](C)C(=O)NNC(=O)c2ccc(SC)cc2)cc1. The molecular formula is C19H22N2O4S. The van der Waals surface area contributed by atoms with Gasteiger partial charge in [0.05, 0.1) is 6.61 Å². The van der Waals surface area contributed by atoms with Crippen LogP contribution in [0.1, 0.15) is 24.2 Å². The summed E-state index contributed by atoms with van der Waals surface area (Å²) in [6.07, 6.45) is 1.19. The molecule has 2 amide bonds. The van der Waals surface area contributed by atoms with Gasteiger partial charge in [-0.2, -0.15) is 0 Å². The van der Waals surface area contributed by atoms with E-state index in [1.807, 2.05) is 25.3 Å². The van der Waals surface area contributed by atoms with Crippen LogP contribution in [0, 0.1) is 0 Å².